The van der Waals surface area contributed by atoms with Crippen LogP contribution in [0.5, 0.6) is 0 Å². The number of aromatic nitrogens is 2. The number of carbonyl (C=O) groups excluding carboxylic acids is 1. The van der Waals surface area contributed by atoms with Gasteiger partial charge in [-0.25, -0.2) is 9.82 Å². The molecule has 3 rings (SSSR count). The minimum absolute atomic E-state index is 0.251. The third kappa shape index (κ3) is 3.67. The van der Waals surface area contributed by atoms with Crippen molar-refractivity contribution < 1.29 is 9.18 Å². The van der Waals surface area contributed by atoms with Gasteiger partial charge in [-0.3, -0.25) is 9.89 Å². The van der Waals surface area contributed by atoms with Crippen LogP contribution in [0.25, 0.3) is 11.3 Å². The van der Waals surface area contributed by atoms with Crippen LogP contribution in [0, 0.1) is 5.82 Å². The van der Waals surface area contributed by atoms with Crippen LogP contribution >= 0.6 is 11.6 Å². The highest BCUT2D eigenvalue weighted by Crippen LogP contribution is 2.26. The summed E-state index contributed by atoms with van der Waals surface area (Å²) in [4.78, 5) is 12.0. The Bertz CT molecular complexity index is 890. The van der Waals surface area contributed by atoms with E-state index in [1.807, 2.05) is 18.2 Å². The largest absolute Gasteiger partial charge is 0.289 e. The number of carbonyl (C=O) groups is 1. The van der Waals surface area contributed by atoms with E-state index in [1.165, 1.54) is 18.3 Å². The molecule has 0 bridgehead atoms. The van der Waals surface area contributed by atoms with Crippen molar-refractivity contribution in [1.82, 2.24) is 15.6 Å². The standard InChI is InChI=1S/C17H12ClFN4O/c18-14-4-2-1-3-13(14)15-9-16(22-21-15)17(24)23-20-10-11-5-7-12(19)8-6-11/h1-10H,(H,21,22)(H,23,24). The SMILES string of the molecule is O=C(NN=Cc1ccc(F)cc1)c1cc(-c2ccccc2Cl)n[nH]1. The highest BCUT2D eigenvalue weighted by molar-refractivity contribution is 6.33. The molecule has 0 spiro atoms. The van der Waals surface area contributed by atoms with Crippen molar-refractivity contribution in [3.63, 3.8) is 0 Å². The van der Waals surface area contributed by atoms with Gasteiger partial charge in [-0.1, -0.05) is 41.9 Å². The third-order valence-electron chi connectivity index (χ3n) is 3.22. The van der Waals surface area contributed by atoms with Crippen molar-refractivity contribution in [3.8, 4) is 11.3 Å². The Kier molecular flexibility index (Phi) is 4.67. The van der Waals surface area contributed by atoms with Gasteiger partial charge in [0, 0.05) is 5.56 Å². The van der Waals surface area contributed by atoms with E-state index in [4.69, 9.17) is 11.6 Å². The molecule has 1 heterocycles. The first-order chi connectivity index (χ1) is 11.6. The van der Waals surface area contributed by atoms with E-state index >= 15 is 0 Å². The fourth-order valence-electron chi connectivity index (χ4n) is 2.02. The molecule has 0 fully saturated rings. The summed E-state index contributed by atoms with van der Waals surface area (Å²) in [7, 11) is 0. The molecule has 7 heteroatoms. The van der Waals surface area contributed by atoms with Crippen molar-refractivity contribution in [1.29, 1.82) is 0 Å². The highest BCUT2D eigenvalue weighted by atomic mass is 35.5. The molecular weight excluding hydrogens is 331 g/mol. The monoisotopic (exact) mass is 342 g/mol. The molecule has 2 N–H and O–H groups in total. The molecule has 1 amide bonds. The molecule has 0 unspecified atom stereocenters. The lowest BCUT2D eigenvalue weighted by Crippen LogP contribution is -2.17. The van der Waals surface area contributed by atoms with Crippen LogP contribution in [-0.2, 0) is 0 Å². The first kappa shape index (κ1) is 15.9. The summed E-state index contributed by atoms with van der Waals surface area (Å²) in [5.74, 6) is -0.778. The average Bonchev–Trinajstić information content (AvgIpc) is 3.07. The van der Waals surface area contributed by atoms with E-state index in [0.717, 1.165) is 5.56 Å². The van der Waals surface area contributed by atoms with Gasteiger partial charge in [-0.2, -0.15) is 10.2 Å². The maximum atomic E-state index is 12.8. The second kappa shape index (κ2) is 7.06. The topological polar surface area (TPSA) is 70.1 Å². The van der Waals surface area contributed by atoms with Gasteiger partial charge in [0.1, 0.15) is 11.5 Å². The summed E-state index contributed by atoms with van der Waals surface area (Å²) in [6, 6.07) is 14.5. The maximum absolute atomic E-state index is 12.8. The van der Waals surface area contributed by atoms with Gasteiger partial charge >= 0.3 is 0 Å². The fourth-order valence-corrected chi connectivity index (χ4v) is 2.25. The lowest BCUT2D eigenvalue weighted by atomic mass is 10.1. The number of hydrogen-bond acceptors (Lipinski definition) is 3. The Labute approximate surface area is 142 Å². The Morgan fingerprint density at radius 2 is 1.96 bits per heavy atom. The van der Waals surface area contributed by atoms with Crippen LogP contribution in [0.4, 0.5) is 4.39 Å². The maximum Gasteiger partial charge on any atom is 0.289 e. The zero-order valence-electron chi connectivity index (χ0n) is 12.3. The first-order valence-electron chi connectivity index (χ1n) is 7.03. The molecule has 24 heavy (non-hydrogen) atoms. The molecule has 0 aliphatic rings. The molecule has 0 saturated carbocycles. The molecule has 2 aromatic carbocycles. The minimum atomic E-state index is -0.445. The summed E-state index contributed by atoms with van der Waals surface area (Å²) in [5.41, 5.74) is 4.58. The Hall–Kier alpha value is -2.99. The Morgan fingerprint density at radius 1 is 1.21 bits per heavy atom. The van der Waals surface area contributed by atoms with Crippen LogP contribution in [0.15, 0.2) is 59.7 Å². The number of halogens is 2. The van der Waals surface area contributed by atoms with Crippen molar-refractivity contribution in [2.24, 2.45) is 5.10 Å². The van der Waals surface area contributed by atoms with Gasteiger partial charge in [-0.15, -0.1) is 0 Å². The zero-order valence-corrected chi connectivity index (χ0v) is 13.1. The highest BCUT2D eigenvalue weighted by Gasteiger charge is 2.12. The molecule has 1 aromatic heterocycles. The van der Waals surface area contributed by atoms with Crippen LogP contribution < -0.4 is 5.43 Å². The molecule has 0 radical (unpaired) electrons. The molecule has 120 valence electrons. The van der Waals surface area contributed by atoms with E-state index in [0.29, 0.717) is 16.3 Å². The van der Waals surface area contributed by atoms with Gasteiger partial charge in [0.25, 0.3) is 5.91 Å². The van der Waals surface area contributed by atoms with Crippen molar-refractivity contribution in [3.05, 3.63) is 76.7 Å². The predicted octanol–water partition coefficient (Wildman–Crippen LogP) is 3.63. The van der Waals surface area contributed by atoms with Gasteiger partial charge in [0.15, 0.2) is 0 Å². The summed E-state index contributed by atoms with van der Waals surface area (Å²) >= 11 is 6.11. The second-order valence-corrected chi connectivity index (χ2v) is 5.30. The van der Waals surface area contributed by atoms with Gasteiger partial charge in [0.05, 0.1) is 16.9 Å². The van der Waals surface area contributed by atoms with Crippen LogP contribution in [0.2, 0.25) is 5.02 Å². The smallest absolute Gasteiger partial charge is 0.272 e. The van der Waals surface area contributed by atoms with Crippen molar-refractivity contribution in [2.75, 3.05) is 0 Å². The van der Waals surface area contributed by atoms with E-state index in [-0.39, 0.29) is 11.5 Å². The predicted molar refractivity (Wildman–Crippen MR) is 90.5 cm³/mol. The number of amides is 1. The minimum Gasteiger partial charge on any atom is -0.272 e. The van der Waals surface area contributed by atoms with Crippen LogP contribution in [0.3, 0.4) is 0 Å². The van der Waals surface area contributed by atoms with Crippen molar-refractivity contribution >= 4 is 23.7 Å². The normalized spacial score (nSPS) is 10.9. The number of hydrazone groups is 1. The number of hydrogen-bond donors (Lipinski definition) is 2. The number of aromatic amines is 1. The summed E-state index contributed by atoms with van der Waals surface area (Å²) < 4.78 is 12.8. The lowest BCUT2D eigenvalue weighted by molar-refractivity contribution is 0.0950. The van der Waals surface area contributed by atoms with Crippen LogP contribution in [0.1, 0.15) is 16.1 Å². The van der Waals surface area contributed by atoms with Crippen LogP contribution in [-0.4, -0.2) is 22.3 Å². The van der Waals surface area contributed by atoms with E-state index in [1.54, 1.807) is 24.3 Å². The van der Waals surface area contributed by atoms with Gasteiger partial charge in [0.2, 0.25) is 0 Å². The summed E-state index contributed by atoms with van der Waals surface area (Å²) in [6.45, 7) is 0. The van der Waals surface area contributed by atoms with Gasteiger partial charge in [-0.05, 0) is 29.8 Å². The number of H-pyrrole nitrogens is 1. The second-order valence-electron chi connectivity index (χ2n) is 4.90. The molecule has 0 aliphatic heterocycles. The zero-order chi connectivity index (χ0) is 16.9. The fraction of sp³-hybridized carbons (Fsp3) is 0. The number of benzene rings is 2. The Balaban J connectivity index is 1.68. The number of rotatable bonds is 4. The molecule has 5 nitrogen and oxygen atoms in total. The van der Waals surface area contributed by atoms with Crippen molar-refractivity contribution in [2.45, 2.75) is 0 Å². The van der Waals surface area contributed by atoms with E-state index < -0.39 is 5.91 Å². The van der Waals surface area contributed by atoms with Gasteiger partial charge < -0.3 is 0 Å². The molecule has 0 saturated heterocycles. The average molecular weight is 343 g/mol. The lowest BCUT2D eigenvalue weighted by Gasteiger charge is -1.98. The first-order valence-corrected chi connectivity index (χ1v) is 7.40. The van der Waals surface area contributed by atoms with E-state index in [2.05, 4.69) is 20.7 Å². The summed E-state index contributed by atoms with van der Waals surface area (Å²) in [5, 5.41) is 11.1. The molecular formula is C17H12ClFN4O. The third-order valence-corrected chi connectivity index (χ3v) is 3.55. The molecule has 3 aromatic rings. The quantitative estimate of drug-likeness (QED) is 0.561. The molecule has 0 atom stereocenters. The van der Waals surface area contributed by atoms with E-state index in [9.17, 15) is 9.18 Å². The number of nitrogens with zero attached hydrogens (tertiary/aromatic N) is 2. The Morgan fingerprint density at radius 3 is 2.71 bits per heavy atom. The summed E-state index contributed by atoms with van der Waals surface area (Å²) in [6.07, 6.45) is 1.42. The number of nitrogens with one attached hydrogen (secondary N) is 2. The molecule has 0 aliphatic carbocycles.